The minimum atomic E-state index is 0.118. The van der Waals surface area contributed by atoms with Crippen molar-refractivity contribution in [1.29, 1.82) is 0 Å². The van der Waals surface area contributed by atoms with Gasteiger partial charge in [0.1, 0.15) is 17.3 Å². The van der Waals surface area contributed by atoms with Gasteiger partial charge < -0.3 is 20.1 Å². The van der Waals surface area contributed by atoms with Crippen LogP contribution in [0.2, 0.25) is 0 Å². The van der Waals surface area contributed by atoms with Gasteiger partial charge in [-0.15, -0.1) is 0 Å². The average molecular weight is 393 g/mol. The number of ether oxygens (including phenoxy) is 2. The van der Waals surface area contributed by atoms with Crippen LogP contribution < -0.4 is 20.1 Å². The molecule has 3 aromatic rings. The Kier molecular flexibility index (Phi) is 5.92. The van der Waals surface area contributed by atoms with Crippen molar-refractivity contribution < 1.29 is 9.47 Å². The van der Waals surface area contributed by atoms with Gasteiger partial charge in [0.2, 0.25) is 5.95 Å². The molecule has 2 N–H and O–H groups in total. The van der Waals surface area contributed by atoms with E-state index >= 15 is 0 Å². The fraction of sp³-hybridized carbons (Fsp3) is 0.304. The molecule has 0 saturated carbocycles. The molecule has 1 heterocycles. The normalized spacial score (nSPS) is 11.1. The number of methoxy groups -OCH3 is 2. The van der Waals surface area contributed by atoms with Crippen LogP contribution >= 0.6 is 0 Å². The molecule has 0 aliphatic rings. The zero-order valence-corrected chi connectivity index (χ0v) is 17.8. The molecule has 29 heavy (non-hydrogen) atoms. The molecule has 0 aliphatic carbocycles. The zero-order valence-electron chi connectivity index (χ0n) is 17.8. The Balaban J connectivity index is 1.82. The van der Waals surface area contributed by atoms with Gasteiger partial charge in [-0.25, -0.2) is 4.98 Å². The van der Waals surface area contributed by atoms with Gasteiger partial charge >= 0.3 is 0 Å². The quantitative estimate of drug-likeness (QED) is 0.570. The van der Waals surface area contributed by atoms with Crippen molar-refractivity contribution in [3.8, 4) is 11.5 Å². The number of rotatable bonds is 6. The molecule has 0 radical (unpaired) electrons. The molecule has 0 unspecified atom stereocenters. The fourth-order valence-electron chi connectivity index (χ4n) is 2.91. The maximum absolute atomic E-state index is 5.45. The third-order valence-corrected chi connectivity index (χ3v) is 4.53. The van der Waals surface area contributed by atoms with Crippen LogP contribution in [-0.4, -0.2) is 24.2 Å². The van der Waals surface area contributed by atoms with E-state index in [9.17, 15) is 0 Å². The molecule has 152 valence electrons. The highest BCUT2D eigenvalue weighted by Crippen LogP contribution is 2.31. The van der Waals surface area contributed by atoms with Crippen LogP contribution in [0.5, 0.6) is 11.5 Å². The van der Waals surface area contributed by atoms with Crippen molar-refractivity contribution in [2.75, 3.05) is 24.9 Å². The summed E-state index contributed by atoms with van der Waals surface area (Å²) in [4.78, 5) is 9.09. The molecule has 0 spiro atoms. The highest BCUT2D eigenvalue weighted by atomic mass is 16.5. The standard InChI is InChI=1S/C23H28N4O2/c1-15-13-21(26-19-12-11-18(28-5)14-20(19)29-6)27-22(24-15)25-17-9-7-16(8-10-17)23(2,3)4/h7-14H,1-6H3,(H2,24,25,26,27). The first-order valence-corrected chi connectivity index (χ1v) is 9.51. The maximum Gasteiger partial charge on any atom is 0.229 e. The number of aromatic nitrogens is 2. The van der Waals surface area contributed by atoms with Gasteiger partial charge in [0.15, 0.2) is 0 Å². The number of hydrogen-bond donors (Lipinski definition) is 2. The van der Waals surface area contributed by atoms with E-state index in [2.05, 4.69) is 53.5 Å². The monoisotopic (exact) mass is 392 g/mol. The van der Waals surface area contributed by atoms with Crippen LogP contribution in [0.15, 0.2) is 48.5 Å². The number of hydrogen-bond acceptors (Lipinski definition) is 6. The van der Waals surface area contributed by atoms with Gasteiger partial charge in [-0.2, -0.15) is 4.98 Å². The van der Waals surface area contributed by atoms with Gasteiger partial charge in [0.25, 0.3) is 0 Å². The predicted molar refractivity (Wildman–Crippen MR) is 118 cm³/mol. The Morgan fingerprint density at radius 1 is 0.828 bits per heavy atom. The Hall–Kier alpha value is -3.28. The van der Waals surface area contributed by atoms with Crippen LogP contribution in [0.1, 0.15) is 32.0 Å². The first-order valence-electron chi connectivity index (χ1n) is 9.51. The maximum atomic E-state index is 5.45. The van der Waals surface area contributed by atoms with Gasteiger partial charge in [-0.3, -0.25) is 0 Å². The fourth-order valence-corrected chi connectivity index (χ4v) is 2.91. The summed E-state index contributed by atoms with van der Waals surface area (Å²) < 4.78 is 10.7. The Labute approximate surface area is 172 Å². The molecule has 2 aromatic carbocycles. The number of aryl methyl sites for hydroxylation is 1. The lowest BCUT2D eigenvalue weighted by Gasteiger charge is -2.19. The highest BCUT2D eigenvalue weighted by molar-refractivity contribution is 5.67. The van der Waals surface area contributed by atoms with Gasteiger partial charge in [0.05, 0.1) is 19.9 Å². The summed E-state index contributed by atoms with van der Waals surface area (Å²) in [6, 6.07) is 15.8. The largest absolute Gasteiger partial charge is 0.497 e. The van der Waals surface area contributed by atoms with E-state index in [1.54, 1.807) is 14.2 Å². The Bertz CT molecular complexity index is 979. The minimum absolute atomic E-state index is 0.118. The van der Waals surface area contributed by atoms with Gasteiger partial charge in [-0.1, -0.05) is 32.9 Å². The zero-order chi connectivity index (χ0) is 21.0. The predicted octanol–water partition coefficient (Wildman–Crippen LogP) is 5.59. The third-order valence-electron chi connectivity index (χ3n) is 4.53. The molecular formula is C23H28N4O2. The summed E-state index contributed by atoms with van der Waals surface area (Å²) in [7, 11) is 3.25. The molecule has 0 saturated heterocycles. The molecule has 0 amide bonds. The van der Waals surface area contributed by atoms with E-state index in [0.717, 1.165) is 22.8 Å². The highest BCUT2D eigenvalue weighted by Gasteiger charge is 2.13. The lowest BCUT2D eigenvalue weighted by Crippen LogP contribution is -2.10. The van der Waals surface area contributed by atoms with Crippen LogP contribution in [0, 0.1) is 6.92 Å². The first-order chi connectivity index (χ1) is 13.8. The first kappa shape index (κ1) is 20.5. The van der Waals surface area contributed by atoms with Gasteiger partial charge in [0, 0.05) is 23.5 Å². The second-order valence-corrected chi connectivity index (χ2v) is 7.86. The van der Waals surface area contributed by atoms with E-state index in [1.165, 1.54) is 5.56 Å². The molecule has 3 rings (SSSR count). The Morgan fingerprint density at radius 2 is 1.55 bits per heavy atom. The lowest BCUT2D eigenvalue weighted by molar-refractivity contribution is 0.395. The number of nitrogens with zero attached hydrogens (tertiary/aromatic N) is 2. The molecule has 1 aromatic heterocycles. The van der Waals surface area contributed by atoms with Crippen molar-refractivity contribution in [2.24, 2.45) is 0 Å². The summed E-state index contributed by atoms with van der Waals surface area (Å²) in [5.74, 6) is 2.61. The van der Waals surface area contributed by atoms with E-state index in [-0.39, 0.29) is 5.41 Å². The van der Waals surface area contributed by atoms with Crippen molar-refractivity contribution in [2.45, 2.75) is 33.1 Å². The second-order valence-electron chi connectivity index (χ2n) is 7.86. The van der Waals surface area contributed by atoms with Crippen molar-refractivity contribution >= 4 is 23.1 Å². The smallest absolute Gasteiger partial charge is 0.229 e. The van der Waals surface area contributed by atoms with E-state index in [1.807, 2.05) is 43.3 Å². The minimum Gasteiger partial charge on any atom is -0.497 e. The molecule has 0 aliphatic heterocycles. The number of anilines is 4. The van der Waals surface area contributed by atoms with Crippen LogP contribution in [0.25, 0.3) is 0 Å². The molecular weight excluding hydrogens is 364 g/mol. The second kappa shape index (κ2) is 8.39. The lowest BCUT2D eigenvalue weighted by atomic mass is 9.87. The topological polar surface area (TPSA) is 68.3 Å². The van der Waals surface area contributed by atoms with E-state index in [0.29, 0.717) is 17.5 Å². The van der Waals surface area contributed by atoms with E-state index < -0.39 is 0 Å². The summed E-state index contributed by atoms with van der Waals surface area (Å²) >= 11 is 0. The number of benzene rings is 2. The van der Waals surface area contributed by atoms with Crippen LogP contribution in [-0.2, 0) is 5.41 Å². The summed E-state index contributed by atoms with van der Waals surface area (Å²) in [5.41, 5.74) is 3.99. The SMILES string of the molecule is COc1ccc(Nc2cc(C)nc(Nc3ccc(C(C)(C)C)cc3)n2)c(OC)c1. The molecule has 0 atom stereocenters. The van der Waals surface area contributed by atoms with Crippen molar-refractivity contribution in [3.63, 3.8) is 0 Å². The molecule has 0 fully saturated rings. The van der Waals surface area contributed by atoms with E-state index in [4.69, 9.17) is 9.47 Å². The summed E-state index contributed by atoms with van der Waals surface area (Å²) in [6.45, 7) is 8.53. The summed E-state index contributed by atoms with van der Waals surface area (Å²) in [6.07, 6.45) is 0. The summed E-state index contributed by atoms with van der Waals surface area (Å²) in [5, 5.41) is 6.58. The molecule has 6 heteroatoms. The third kappa shape index (κ3) is 5.16. The van der Waals surface area contributed by atoms with Gasteiger partial charge in [-0.05, 0) is 42.2 Å². The van der Waals surface area contributed by atoms with Crippen LogP contribution in [0.3, 0.4) is 0 Å². The molecule has 6 nitrogen and oxygen atoms in total. The van der Waals surface area contributed by atoms with Crippen LogP contribution in [0.4, 0.5) is 23.1 Å². The van der Waals surface area contributed by atoms with Crippen molar-refractivity contribution in [1.82, 2.24) is 9.97 Å². The van der Waals surface area contributed by atoms with Crippen molar-refractivity contribution in [3.05, 3.63) is 59.8 Å². The number of nitrogens with one attached hydrogen (secondary N) is 2. The average Bonchev–Trinajstić information content (AvgIpc) is 2.67. The Morgan fingerprint density at radius 3 is 2.17 bits per heavy atom. The molecule has 0 bridgehead atoms.